The number of nitrogens with one attached hydrogen (secondary N) is 1. The monoisotopic (exact) mass is 448 g/mol. The Morgan fingerprint density at radius 3 is 2.53 bits per heavy atom. The van der Waals surface area contributed by atoms with Gasteiger partial charge in [-0.15, -0.1) is 0 Å². The van der Waals surface area contributed by atoms with E-state index in [-0.39, 0.29) is 35.5 Å². The first-order chi connectivity index (χ1) is 15.1. The quantitative estimate of drug-likeness (QED) is 0.533. The molecule has 0 aliphatic carbocycles. The Kier molecular flexibility index (Phi) is 6.47. The zero-order valence-electron chi connectivity index (χ0n) is 17.3. The summed E-state index contributed by atoms with van der Waals surface area (Å²) in [6.45, 7) is 0.483. The van der Waals surface area contributed by atoms with Crippen LogP contribution in [0.3, 0.4) is 0 Å². The Balaban J connectivity index is 1.86. The van der Waals surface area contributed by atoms with Crippen LogP contribution in [0.25, 0.3) is 11.5 Å². The first kappa shape index (κ1) is 22.8. The van der Waals surface area contributed by atoms with Crippen molar-refractivity contribution < 1.29 is 32.3 Å². The molecular formula is C21H22F2N4O5. The zero-order valence-corrected chi connectivity index (χ0v) is 17.3. The summed E-state index contributed by atoms with van der Waals surface area (Å²) in [6.07, 6.45) is 5.23. The number of alkyl halides is 2. The van der Waals surface area contributed by atoms with Crippen LogP contribution in [0.2, 0.25) is 0 Å². The maximum absolute atomic E-state index is 12.7. The van der Waals surface area contributed by atoms with Crippen LogP contribution in [0.15, 0.2) is 52.8 Å². The van der Waals surface area contributed by atoms with Crippen molar-refractivity contribution in [1.29, 1.82) is 0 Å². The number of carbonyl (C=O) groups excluding carboxylic acids is 2. The lowest BCUT2D eigenvalue weighted by Crippen LogP contribution is -2.55. The summed E-state index contributed by atoms with van der Waals surface area (Å²) in [7, 11) is 0. The highest BCUT2D eigenvalue weighted by Gasteiger charge is 2.36. The van der Waals surface area contributed by atoms with E-state index in [0.29, 0.717) is 11.3 Å². The number of aromatic nitrogens is 1. The van der Waals surface area contributed by atoms with Gasteiger partial charge in [0.2, 0.25) is 17.7 Å². The number of ether oxygens (including phenoxy) is 2. The molecular weight excluding hydrogens is 426 g/mol. The van der Waals surface area contributed by atoms with Gasteiger partial charge in [-0.05, 0) is 44.2 Å². The van der Waals surface area contributed by atoms with Crippen molar-refractivity contribution in [2.45, 2.75) is 38.5 Å². The lowest BCUT2D eigenvalue weighted by atomic mass is 9.89. The standard InChI is InChI=1S/C21H22F2N4O5/c1-11(2)31-16-7-12(3-4-15(16)32-20(22)23)18-27-14(10-30-18)8-21(19(25)29)6-5-13(9-26-21)17(24)28/h3-7,9-11,20,26H,8H2,1-2H3,(H2,24,28)(H2,25,29). The Hall–Kier alpha value is -3.89. The number of nitrogens with zero attached hydrogens (tertiary/aromatic N) is 1. The summed E-state index contributed by atoms with van der Waals surface area (Å²) in [5.41, 5.74) is 10.5. The van der Waals surface area contributed by atoms with Crippen molar-refractivity contribution in [3.8, 4) is 23.0 Å². The fourth-order valence-electron chi connectivity index (χ4n) is 3.03. The van der Waals surface area contributed by atoms with Crippen molar-refractivity contribution in [1.82, 2.24) is 10.3 Å². The number of amides is 2. The van der Waals surface area contributed by atoms with E-state index in [0.717, 1.165) is 0 Å². The fourth-order valence-corrected chi connectivity index (χ4v) is 3.03. The number of benzene rings is 1. The van der Waals surface area contributed by atoms with Crippen LogP contribution in [-0.4, -0.2) is 35.1 Å². The molecule has 1 unspecified atom stereocenters. The summed E-state index contributed by atoms with van der Waals surface area (Å²) in [4.78, 5) is 27.8. The Bertz CT molecular complexity index is 1080. The molecule has 0 spiro atoms. The Morgan fingerprint density at radius 2 is 1.97 bits per heavy atom. The molecule has 9 nitrogen and oxygen atoms in total. The lowest BCUT2D eigenvalue weighted by Gasteiger charge is -2.29. The van der Waals surface area contributed by atoms with Crippen LogP contribution in [0.1, 0.15) is 19.5 Å². The van der Waals surface area contributed by atoms with Gasteiger partial charge in [0.25, 0.3) is 0 Å². The topological polar surface area (TPSA) is 143 Å². The molecule has 5 N–H and O–H groups in total. The number of carbonyl (C=O) groups is 2. The summed E-state index contributed by atoms with van der Waals surface area (Å²) >= 11 is 0. The van der Waals surface area contributed by atoms with E-state index in [1.807, 2.05) is 0 Å². The van der Waals surface area contributed by atoms with Gasteiger partial charge in [-0.2, -0.15) is 8.78 Å². The zero-order chi connectivity index (χ0) is 23.5. The first-order valence-corrected chi connectivity index (χ1v) is 9.57. The summed E-state index contributed by atoms with van der Waals surface area (Å²) in [5, 5.41) is 2.80. The molecule has 11 heteroatoms. The molecule has 1 aromatic carbocycles. The summed E-state index contributed by atoms with van der Waals surface area (Å²) in [5.74, 6) is -1.20. The minimum atomic E-state index is -3.01. The van der Waals surface area contributed by atoms with Crippen LogP contribution in [0.4, 0.5) is 8.78 Å². The number of oxazole rings is 1. The molecule has 0 bridgehead atoms. The number of hydrogen-bond donors (Lipinski definition) is 3. The molecule has 170 valence electrons. The van der Waals surface area contributed by atoms with E-state index in [1.54, 1.807) is 13.8 Å². The SMILES string of the molecule is CC(C)Oc1cc(-c2nc(CC3(C(N)=O)C=CC(C(N)=O)=CN3)co2)ccc1OC(F)F. The maximum Gasteiger partial charge on any atom is 0.387 e. The van der Waals surface area contributed by atoms with E-state index in [2.05, 4.69) is 15.0 Å². The molecule has 1 atom stereocenters. The average Bonchev–Trinajstić information content (AvgIpc) is 3.17. The smallest absolute Gasteiger partial charge is 0.387 e. The van der Waals surface area contributed by atoms with Gasteiger partial charge in [-0.3, -0.25) is 9.59 Å². The lowest BCUT2D eigenvalue weighted by molar-refractivity contribution is -0.122. The average molecular weight is 448 g/mol. The minimum absolute atomic E-state index is 0.0206. The van der Waals surface area contributed by atoms with Gasteiger partial charge in [0.05, 0.1) is 17.4 Å². The highest BCUT2D eigenvalue weighted by Crippen LogP contribution is 2.34. The van der Waals surface area contributed by atoms with Crippen molar-refractivity contribution in [3.63, 3.8) is 0 Å². The third kappa shape index (κ3) is 5.05. The molecule has 2 aromatic rings. The molecule has 0 saturated heterocycles. The number of primary amides is 2. The number of halogens is 2. The molecule has 2 amide bonds. The van der Waals surface area contributed by atoms with Gasteiger partial charge in [0.1, 0.15) is 11.8 Å². The largest absolute Gasteiger partial charge is 0.487 e. The van der Waals surface area contributed by atoms with Gasteiger partial charge in [0, 0.05) is 18.2 Å². The molecule has 1 aliphatic heterocycles. The van der Waals surface area contributed by atoms with E-state index in [9.17, 15) is 18.4 Å². The molecule has 1 aromatic heterocycles. The van der Waals surface area contributed by atoms with E-state index in [1.165, 1.54) is 42.8 Å². The van der Waals surface area contributed by atoms with Gasteiger partial charge >= 0.3 is 6.61 Å². The molecule has 1 aliphatic rings. The van der Waals surface area contributed by atoms with Gasteiger partial charge in [0.15, 0.2) is 11.5 Å². The van der Waals surface area contributed by atoms with Gasteiger partial charge in [-0.1, -0.05) is 0 Å². The number of rotatable bonds is 9. The molecule has 32 heavy (non-hydrogen) atoms. The number of hydrogen-bond acceptors (Lipinski definition) is 7. The van der Waals surface area contributed by atoms with E-state index < -0.39 is 24.0 Å². The normalized spacial score (nSPS) is 17.8. The van der Waals surface area contributed by atoms with Crippen LogP contribution in [0, 0.1) is 0 Å². The Morgan fingerprint density at radius 1 is 1.22 bits per heavy atom. The van der Waals surface area contributed by atoms with Crippen molar-refractivity contribution >= 4 is 11.8 Å². The predicted molar refractivity (Wildman–Crippen MR) is 110 cm³/mol. The molecule has 0 saturated carbocycles. The summed E-state index contributed by atoms with van der Waals surface area (Å²) < 4.78 is 40.9. The second-order valence-electron chi connectivity index (χ2n) is 7.30. The summed E-state index contributed by atoms with van der Waals surface area (Å²) in [6, 6.07) is 4.29. The fraction of sp³-hybridized carbons (Fsp3) is 0.286. The molecule has 2 heterocycles. The maximum atomic E-state index is 12.7. The second kappa shape index (κ2) is 9.08. The minimum Gasteiger partial charge on any atom is -0.487 e. The van der Waals surface area contributed by atoms with Crippen LogP contribution in [-0.2, 0) is 16.0 Å². The molecule has 0 fully saturated rings. The van der Waals surface area contributed by atoms with E-state index in [4.69, 9.17) is 20.6 Å². The highest BCUT2D eigenvalue weighted by atomic mass is 19.3. The van der Waals surface area contributed by atoms with E-state index >= 15 is 0 Å². The van der Waals surface area contributed by atoms with Crippen LogP contribution >= 0.6 is 0 Å². The molecule has 3 rings (SSSR count). The van der Waals surface area contributed by atoms with Crippen molar-refractivity contribution in [3.05, 3.63) is 54.1 Å². The molecule has 0 radical (unpaired) electrons. The second-order valence-corrected chi connectivity index (χ2v) is 7.30. The first-order valence-electron chi connectivity index (χ1n) is 9.57. The predicted octanol–water partition coefficient (Wildman–Crippen LogP) is 2.03. The van der Waals surface area contributed by atoms with Crippen LogP contribution in [0.5, 0.6) is 11.5 Å². The number of dihydropyridines is 1. The number of nitrogens with two attached hydrogens (primary N) is 2. The van der Waals surface area contributed by atoms with Crippen molar-refractivity contribution in [2.24, 2.45) is 11.5 Å². The third-order valence-corrected chi connectivity index (χ3v) is 4.54. The highest BCUT2D eigenvalue weighted by molar-refractivity contribution is 5.96. The Labute approximate surface area is 182 Å². The van der Waals surface area contributed by atoms with Crippen LogP contribution < -0.4 is 26.3 Å². The van der Waals surface area contributed by atoms with Gasteiger partial charge in [-0.25, -0.2) is 4.98 Å². The van der Waals surface area contributed by atoms with Gasteiger partial charge < -0.3 is 30.7 Å². The van der Waals surface area contributed by atoms with Crippen molar-refractivity contribution in [2.75, 3.05) is 0 Å². The third-order valence-electron chi connectivity index (χ3n) is 4.54.